The second-order valence-electron chi connectivity index (χ2n) is 2.85. The van der Waals surface area contributed by atoms with Crippen LogP contribution < -0.4 is 5.73 Å². The maximum Gasteiger partial charge on any atom is 0.0289 e. The monoisotopic (exact) mass is 239 g/mol. The Morgan fingerprint density at radius 3 is 2.44 bits per heavy atom. The first-order chi connectivity index (χ1) is 4.25. The molecular formula is C7H14IN. The molecule has 1 fully saturated rings. The molecule has 3 atom stereocenters. The summed E-state index contributed by atoms with van der Waals surface area (Å²) in [4.78, 5) is 0. The maximum atomic E-state index is 5.84. The van der Waals surface area contributed by atoms with E-state index in [-0.39, 0.29) is 0 Å². The molecule has 1 rings (SSSR count). The highest BCUT2D eigenvalue weighted by molar-refractivity contribution is 14.1. The topological polar surface area (TPSA) is 26.0 Å². The second-order valence-corrected chi connectivity index (χ2v) is 4.29. The van der Waals surface area contributed by atoms with Crippen molar-refractivity contribution in [1.29, 1.82) is 0 Å². The summed E-state index contributed by atoms with van der Waals surface area (Å²) in [5.41, 5.74) is 5.84. The van der Waals surface area contributed by atoms with Crippen LogP contribution in [0.2, 0.25) is 0 Å². The zero-order valence-corrected chi connectivity index (χ0v) is 7.97. The lowest BCUT2D eigenvalue weighted by molar-refractivity contribution is 0.546. The number of hydrogen-bond acceptors (Lipinski definition) is 1. The molecule has 0 saturated heterocycles. The zero-order valence-electron chi connectivity index (χ0n) is 5.81. The molecule has 0 aromatic rings. The van der Waals surface area contributed by atoms with E-state index in [1.54, 1.807) is 0 Å². The van der Waals surface area contributed by atoms with Gasteiger partial charge in [-0.3, -0.25) is 0 Å². The Hall–Kier alpha value is 0.690. The van der Waals surface area contributed by atoms with E-state index < -0.39 is 0 Å². The molecule has 1 unspecified atom stereocenters. The van der Waals surface area contributed by atoms with Gasteiger partial charge in [-0.1, -0.05) is 35.9 Å². The van der Waals surface area contributed by atoms with Crippen LogP contribution in [0.15, 0.2) is 0 Å². The first-order valence-electron chi connectivity index (χ1n) is 3.65. The van der Waals surface area contributed by atoms with Crippen molar-refractivity contribution in [2.24, 2.45) is 11.7 Å². The molecule has 1 nitrogen and oxygen atoms in total. The first kappa shape index (κ1) is 7.79. The van der Waals surface area contributed by atoms with Crippen molar-refractivity contribution in [2.75, 3.05) is 0 Å². The fourth-order valence-electron chi connectivity index (χ4n) is 1.50. The molecule has 1 saturated carbocycles. The molecule has 0 aromatic heterocycles. The highest BCUT2D eigenvalue weighted by Crippen LogP contribution is 2.32. The van der Waals surface area contributed by atoms with Crippen LogP contribution in [-0.4, -0.2) is 9.97 Å². The van der Waals surface area contributed by atoms with Crippen molar-refractivity contribution in [3.8, 4) is 0 Å². The quantitative estimate of drug-likeness (QED) is 0.549. The molecule has 0 bridgehead atoms. The van der Waals surface area contributed by atoms with Gasteiger partial charge in [0.2, 0.25) is 0 Å². The van der Waals surface area contributed by atoms with E-state index in [0.717, 1.165) is 9.84 Å². The smallest absolute Gasteiger partial charge is 0.0289 e. The normalized spacial score (nSPS) is 43.7. The first-order valence-corrected chi connectivity index (χ1v) is 4.90. The van der Waals surface area contributed by atoms with E-state index in [1.165, 1.54) is 19.3 Å². The zero-order chi connectivity index (χ0) is 6.85. The van der Waals surface area contributed by atoms with E-state index in [0.29, 0.717) is 6.04 Å². The van der Waals surface area contributed by atoms with E-state index in [9.17, 15) is 0 Å². The molecule has 0 spiro atoms. The van der Waals surface area contributed by atoms with Gasteiger partial charge in [0, 0.05) is 9.97 Å². The van der Waals surface area contributed by atoms with Gasteiger partial charge < -0.3 is 5.73 Å². The lowest BCUT2D eigenvalue weighted by atomic mass is 10.1. The van der Waals surface area contributed by atoms with Crippen LogP contribution in [-0.2, 0) is 0 Å². The highest BCUT2D eigenvalue weighted by atomic mass is 127. The molecule has 2 heteroatoms. The van der Waals surface area contributed by atoms with E-state index in [1.807, 2.05) is 0 Å². The summed E-state index contributed by atoms with van der Waals surface area (Å²) >= 11 is 2.50. The minimum Gasteiger partial charge on any atom is -0.327 e. The van der Waals surface area contributed by atoms with Crippen LogP contribution in [0.3, 0.4) is 0 Å². The fraction of sp³-hybridized carbons (Fsp3) is 1.00. The third kappa shape index (κ3) is 1.58. The third-order valence-electron chi connectivity index (χ3n) is 2.25. The van der Waals surface area contributed by atoms with Crippen molar-refractivity contribution in [1.82, 2.24) is 0 Å². The summed E-state index contributed by atoms with van der Waals surface area (Å²) in [5.74, 6) is 0.903. The number of rotatable bonds is 1. The summed E-state index contributed by atoms with van der Waals surface area (Å²) in [6, 6.07) is 0.482. The van der Waals surface area contributed by atoms with Gasteiger partial charge in [-0.15, -0.1) is 0 Å². The van der Waals surface area contributed by atoms with Crippen molar-refractivity contribution >= 4 is 22.6 Å². The minimum atomic E-state index is 0.482. The van der Waals surface area contributed by atoms with E-state index in [4.69, 9.17) is 5.73 Å². The molecule has 1 aliphatic carbocycles. The highest BCUT2D eigenvalue weighted by Gasteiger charge is 2.29. The molecule has 2 N–H and O–H groups in total. The van der Waals surface area contributed by atoms with Gasteiger partial charge in [0.05, 0.1) is 0 Å². The summed E-state index contributed by atoms with van der Waals surface area (Å²) in [7, 11) is 0. The lowest BCUT2D eigenvalue weighted by Gasteiger charge is -2.13. The van der Waals surface area contributed by atoms with Gasteiger partial charge in [-0.05, 0) is 18.8 Å². The van der Waals surface area contributed by atoms with Crippen molar-refractivity contribution in [2.45, 2.75) is 36.2 Å². The summed E-state index contributed by atoms with van der Waals surface area (Å²) in [5, 5.41) is 0. The molecular weight excluding hydrogens is 225 g/mol. The Labute approximate surface area is 70.5 Å². The molecule has 0 heterocycles. The minimum absolute atomic E-state index is 0.482. The molecule has 0 aliphatic heterocycles. The number of nitrogens with two attached hydrogens (primary N) is 1. The standard InChI is InChI=1S/C7H14IN/c1-2-5-3-4-6(9)7(5)8/h5-7H,2-4,9H2,1H3/t5-,6?,7-/m1/s1. The summed E-state index contributed by atoms with van der Waals surface area (Å²) in [6.07, 6.45) is 3.90. The second kappa shape index (κ2) is 3.19. The summed E-state index contributed by atoms with van der Waals surface area (Å²) in [6.45, 7) is 2.26. The van der Waals surface area contributed by atoms with Gasteiger partial charge in [0.1, 0.15) is 0 Å². The predicted octanol–water partition coefficient (Wildman–Crippen LogP) is 1.94. The van der Waals surface area contributed by atoms with Gasteiger partial charge in [-0.2, -0.15) is 0 Å². The van der Waals surface area contributed by atoms with Crippen molar-refractivity contribution in [3.63, 3.8) is 0 Å². The third-order valence-corrected chi connectivity index (χ3v) is 4.20. The van der Waals surface area contributed by atoms with E-state index in [2.05, 4.69) is 29.5 Å². The van der Waals surface area contributed by atoms with Crippen LogP contribution in [0.25, 0.3) is 0 Å². The van der Waals surface area contributed by atoms with Crippen LogP contribution in [0.4, 0.5) is 0 Å². The van der Waals surface area contributed by atoms with Crippen molar-refractivity contribution < 1.29 is 0 Å². The van der Waals surface area contributed by atoms with Crippen LogP contribution >= 0.6 is 22.6 Å². The Kier molecular flexibility index (Phi) is 2.76. The average molecular weight is 239 g/mol. The van der Waals surface area contributed by atoms with Gasteiger partial charge in [0.15, 0.2) is 0 Å². The SMILES string of the molecule is CC[C@@H]1CCC(N)[C@@H]1I. The predicted molar refractivity (Wildman–Crippen MR) is 48.8 cm³/mol. The molecule has 54 valence electrons. The van der Waals surface area contributed by atoms with Crippen LogP contribution in [0, 0.1) is 5.92 Å². The Bertz CT molecular complexity index is 94.9. The average Bonchev–Trinajstić information content (AvgIpc) is 2.15. The summed E-state index contributed by atoms with van der Waals surface area (Å²) < 4.78 is 0.743. The maximum absolute atomic E-state index is 5.84. The van der Waals surface area contributed by atoms with Gasteiger partial charge >= 0.3 is 0 Å². The van der Waals surface area contributed by atoms with E-state index >= 15 is 0 Å². The number of alkyl halides is 1. The Balaban J connectivity index is 2.41. The van der Waals surface area contributed by atoms with Crippen LogP contribution in [0.1, 0.15) is 26.2 Å². The molecule has 0 radical (unpaired) electrons. The number of hydrogen-bond donors (Lipinski definition) is 1. The van der Waals surface area contributed by atoms with Crippen LogP contribution in [0.5, 0.6) is 0 Å². The molecule has 0 amide bonds. The molecule has 1 aliphatic rings. The largest absolute Gasteiger partial charge is 0.327 e. The fourth-order valence-corrected chi connectivity index (χ4v) is 2.73. The van der Waals surface area contributed by atoms with Crippen molar-refractivity contribution in [3.05, 3.63) is 0 Å². The van der Waals surface area contributed by atoms with Gasteiger partial charge in [-0.25, -0.2) is 0 Å². The lowest BCUT2D eigenvalue weighted by Crippen LogP contribution is -2.27. The Morgan fingerprint density at radius 2 is 2.22 bits per heavy atom. The molecule has 0 aromatic carbocycles. The Morgan fingerprint density at radius 1 is 1.56 bits per heavy atom. The van der Waals surface area contributed by atoms with Gasteiger partial charge in [0.25, 0.3) is 0 Å². The number of halogens is 1. The molecule has 9 heavy (non-hydrogen) atoms.